The monoisotopic (exact) mass is 286 g/mol. The molecule has 0 spiro atoms. The van der Waals surface area contributed by atoms with Gasteiger partial charge in [0.15, 0.2) is 6.79 Å². The molecule has 2 aromatic carbocycles. The minimum Gasteiger partial charge on any atom is -0.468 e. The summed E-state index contributed by atoms with van der Waals surface area (Å²) >= 11 is 0. The van der Waals surface area contributed by atoms with Crippen molar-refractivity contribution in [2.45, 2.75) is 6.92 Å². The molecule has 0 saturated heterocycles. The Morgan fingerprint density at radius 1 is 1.05 bits per heavy atom. The molecule has 2 rings (SSSR count). The summed E-state index contributed by atoms with van der Waals surface area (Å²) in [5, 5.41) is 0. The molecule has 0 aliphatic rings. The highest BCUT2D eigenvalue weighted by Crippen LogP contribution is 2.24. The number of hydrogen-bond acceptors (Lipinski definition) is 4. The zero-order chi connectivity index (χ0) is 15.1. The molecule has 21 heavy (non-hydrogen) atoms. The molecule has 0 atom stereocenters. The van der Waals surface area contributed by atoms with Crippen molar-refractivity contribution in [1.29, 1.82) is 0 Å². The Bertz CT molecular complexity index is 590. The van der Waals surface area contributed by atoms with Gasteiger partial charge in [0.05, 0.1) is 12.2 Å². The summed E-state index contributed by atoms with van der Waals surface area (Å²) in [4.78, 5) is 11.6. The summed E-state index contributed by atoms with van der Waals surface area (Å²) in [5.74, 6) is 0.435. The lowest BCUT2D eigenvalue weighted by Crippen LogP contribution is -2.04. The molecular weight excluding hydrogens is 268 g/mol. The van der Waals surface area contributed by atoms with Crippen LogP contribution in [0.3, 0.4) is 0 Å². The van der Waals surface area contributed by atoms with Gasteiger partial charge in [-0.25, -0.2) is 4.79 Å². The first-order valence-electron chi connectivity index (χ1n) is 6.74. The van der Waals surface area contributed by atoms with Crippen molar-refractivity contribution < 1.29 is 19.0 Å². The zero-order valence-corrected chi connectivity index (χ0v) is 12.2. The highest BCUT2D eigenvalue weighted by molar-refractivity contribution is 5.90. The van der Waals surface area contributed by atoms with Crippen LogP contribution in [0.15, 0.2) is 48.5 Å². The lowest BCUT2D eigenvalue weighted by atomic mass is 10.0. The van der Waals surface area contributed by atoms with Crippen LogP contribution in [0, 0.1) is 0 Å². The van der Waals surface area contributed by atoms with Crippen molar-refractivity contribution in [3.63, 3.8) is 0 Å². The van der Waals surface area contributed by atoms with Crippen LogP contribution in [0.1, 0.15) is 17.3 Å². The van der Waals surface area contributed by atoms with Crippen LogP contribution in [0.25, 0.3) is 11.1 Å². The van der Waals surface area contributed by atoms with Crippen LogP contribution in [0.2, 0.25) is 0 Å². The summed E-state index contributed by atoms with van der Waals surface area (Å²) in [7, 11) is 1.58. The third-order valence-electron chi connectivity index (χ3n) is 2.91. The van der Waals surface area contributed by atoms with Gasteiger partial charge in [-0.3, -0.25) is 0 Å². The minimum absolute atomic E-state index is 0.214. The van der Waals surface area contributed by atoms with E-state index in [2.05, 4.69) is 0 Å². The van der Waals surface area contributed by atoms with E-state index in [0.29, 0.717) is 12.2 Å². The number of ether oxygens (including phenoxy) is 3. The number of methoxy groups -OCH3 is 1. The summed E-state index contributed by atoms with van der Waals surface area (Å²) in [5.41, 5.74) is 2.57. The van der Waals surface area contributed by atoms with Crippen LogP contribution in [0.4, 0.5) is 0 Å². The van der Waals surface area contributed by atoms with Crippen molar-refractivity contribution in [2.24, 2.45) is 0 Å². The molecule has 0 saturated carbocycles. The lowest BCUT2D eigenvalue weighted by Gasteiger charge is -2.08. The molecule has 0 aliphatic carbocycles. The Kier molecular flexibility index (Phi) is 5.35. The Balaban J connectivity index is 2.16. The van der Waals surface area contributed by atoms with Crippen LogP contribution in [-0.4, -0.2) is 26.5 Å². The fourth-order valence-corrected chi connectivity index (χ4v) is 1.91. The first-order chi connectivity index (χ1) is 10.2. The van der Waals surface area contributed by atoms with Gasteiger partial charge in [-0.2, -0.15) is 0 Å². The summed E-state index contributed by atoms with van der Waals surface area (Å²) in [6.07, 6.45) is 0. The van der Waals surface area contributed by atoms with Crippen LogP contribution >= 0.6 is 0 Å². The van der Waals surface area contributed by atoms with E-state index in [4.69, 9.17) is 14.2 Å². The maximum atomic E-state index is 11.6. The molecule has 0 unspecified atom stereocenters. The van der Waals surface area contributed by atoms with E-state index in [1.807, 2.05) is 36.4 Å². The predicted octanol–water partition coefficient (Wildman–Crippen LogP) is 3.51. The third kappa shape index (κ3) is 4.07. The number of esters is 1. The van der Waals surface area contributed by atoms with Gasteiger partial charge in [-0.05, 0) is 42.3 Å². The molecule has 0 N–H and O–H groups in total. The van der Waals surface area contributed by atoms with Gasteiger partial charge in [-0.15, -0.1) is 0 Å². The van der Waals surface area contributed by atoms with Gasteiger partial charge < -0.3 is 14.2 Å². The first-order valence-corrected chi connectivity index (χ1v) is 6.74. The molecular formula is C17H18O4. The van der Waals surface area contributed by atoms with Crippen molar-refractivity contribution in [1.82, 2.24) is 0 Å². The van der Waals surface area contributed by atoms with E-state index < -0.39 is 0 Å². The van der Waals surface area contributed by atoms with Gasteiger partial charge in [0.2, 0.25) is 0 Å². The van der Waals surface area contributed by atoms with Crippen molar-refractivity contribution in [3.05, 3.63) is 54.1 Å². The van der Waals surface area contributed by atoms with E-state index >= 15 is 0 Å². The molecule has 4 nitrogen and oxygen atoms in total. The Morgan fingerprint density at radius 3 is 2.48 bits per heavy atom. The van der Waals surface area contributed by atoms with Crippen molar-refractivity contribution in [3.8, 4) is 16.9 Å². The van der Waals surface area contributed by atoms with Crippen molar-refractivity contribution in [2.75, 3.05) is 20.5 Å². The van der Waals surface area contributed by atoms with Crippen LogP contribution in [-0.2, 0) is 9.47 Å². The summed E-state index contributed by atoms with van der Waals surface area (Å²) in [6, 6.07) is 15.0. The quantitative estimate of drug-likeness (QED) is 0.602. The summed E-state index contributed by atoms with van der Waals surface area (Å²) < 4.78 is 15.3. The standard InChI is InChI=1S/C17H18O4/c1-3-20-17(18)14-9-7-13(8-10-14)15-5-4-6-16(11-15)21-12-19-2/h4-11H,3,12H2,1-2H3. The highest BCUT2D eigenvalue weighted by atomic mass is 16.7. The normalized spacial score (nSPS) is 10.2. The number of benzene rings is 2. The van der Waals surface area contributed by atoms with Gasteiger partial charge in [0.1, 0.15) is 5.75 Å². The Labute approximate surface area is 124 Å². The molecule has 0 amide bonds. The van der Waals surface area contributed by atoms with E-state index in [-0.39, 0.29) is 12.8 Å². The largest absolute Gasteiger partial charge is 0.468 e. The maximum absolute atomic E-state index is 11.6. The molecule has 0 bridgehead atoms. The molecule has 0 aliphatic heterocycles. The molecule has 0 aromatic heterocycles. The van der Waals surface area contributed by atoms with Crippen molar-refractivity contribution >= 4 is 5.97 Å². The predicted molar refractivity (Wildman–Crippen MR) is 80.3 cm³/mol. The fraction of sp³-hybridized carbons (Fsp3) is 0.235. The van der Waals surface area contributed by atoms with Gasteiger partial charge in [-0.1, -0.05) is 24.3 Å². The van der Waals surface area contributed by atoms with Gasteiger partial charge >= 0.3 is 5.97 Å². The SMILES string of the molecule is CCOC(=O)c1ccc(-c2cccc(OCOC)c2)cc1. The minimum atomic E-state index is -0.304. The Morgan fingerprint density at radius 2 is 1.81 bits per heavy atom. The second-order valence-electron chi connectivity index (χ2n) is 4.38. The number of carbonyl (C=O) groups is 1. The maximum Gasteiger partial charge on any atom is 0.338 e. The second-order valence-corrected chi connectivity index (χ2v) is 4.38. The zero-order valence-electron chi connectivity index (χ0n) is 12.2. The molecule has 0 heterocycles. The molecule has 0 fully saturated rings. The smallest absolute Gasteiger partial charge is 0.338 e. The topological polar surface area (TPSA) is 44.8 Å². The average Bonchev–Trinajstić information content (AvgIpc) is 2.53. The van der Waals surface area contributed by atoms with Gasteiger partial charge in [0, 0.05) is 7.11 Å². The first kappa shape index (κ1) is 15.1. The number of hydrogen-bond donors (Lipinski definition) is 0. The number of rotatable bonds is 6. The fourth-order valence-electron chi connectivity index (χ4n) is 1.91. The Hall–Kier alpha value is -2.33. The molecule has 0 radical (unpaired) electrons. The van der Waals surface area contributed by atoms with E-state index in [0.717, 1.165) is 16.9 Å². The summed E-state index contributed by atoms with van der Waals surface area (Å²) in [6.45, 7) is 2.38. The van der Waals surface area contributed by atoms with E-state index in [9.17, 15) is 4.79 Å². The third-order valence-corrected chi connectivity index (χ3v) is 2.91. The highest BCUT2D eigenvalue weighted by Gasteiger charge is 2.06. The lowest BCUT2D eigenvalue weighted by molar-refractivity contribution is 0.0510. The van der Waals surface area contributed by atoms with E-state index in [1.165, 1.54) is 0 Å². The second kappa shape index (κ2) is 7.45. The molecule has 110 valence electrons. The average molecular weight is 286 g/mol. The van der Waals surface area contributed by atoms with E-state index in [1.54, 1.807) is 26.2 Å². The molecule has 4 heteroatoms. The van der Waals surface area contributed by atoms with Crippen LogP contribution < -0.4 is 4.74 Å². The number of carbonyl (C=O) groups excluding carboxylic acids is 1. The molecule has 2 aromatic rings. The van der Waals surface area contributed by atoms with Crippen LogP contribution in [0.5, 0.6) is 5.75 Å². The van der Waals surface area contributed by atoms with Gasteiger partial charge in [0.25, 0.3) is 0 Å².